The molecular weight excluding hydrogens is 357 g/mol. The van der Waals surface area contributed by atoms with Crippen LogP contribution in [0.1, 0.15) is 34.3 Å². The lowest BCUT2D eigenvalue weighted by Gasteiger charge is -2.29. The minimum atomic E-state index is -4.69. The molecule has 0 saturated carbocycles. The second-order valence-electron chi connectivity index (χ2n) is 5.32. The highest BCUT2D eigenvalue weighted by atomic mass is 32.1. The number of carboxylic acid groups (broad SMARTS) is 1. The number of hydrogen-bond acceptors (Lipinski definition) is 4. The lowest BCUT2D eigenvalue weighted by atomic mass is 9.78. The van der Waals surface area contributed by atoms with E-state index in [2.05, 4.69) is 10.3 Å². The highest BCUT2D eigenvalue weighted by molar-refractivity contribution is 7.10. The van der Waals surface area contributed by atoms with E-state index >= 15 is 0 Å². The summed E-state index contributed by atoms with van der Waals surface area (Å²) in [6.07, 6.45) is -4.54. The first kappa shape index (κ1) is 18.9. The standard InChI is InChI=1S/C16H15F3N2O3S/c1-2-15(14(23)24,10-6-4-3-5-7-10)8-20-13(22)11-12(16(17,18)19)25-9-21-11/h3-7,9H,2,8H2,1H3,(H,20,22)(H,23,24). The molecule has 0 saturated heterocycles. The Morgan fingerprint density at radius 1 is 1.24 bits per heavy atom. The lowest BCUT2D eigenvalue weighted by molar-refractivity contribution is -0.144. The molecule has 0 aliphatic heterocycles. The summed E-state index contributed by atoms with van der Waals surface area (Å²) in [6, 6.07) is 8.25. The third-order valence-electron chi connectivity index (χ3n) is 3.93. The molecule has 1 aromatic heterocycles. The second-order valence-corrected chi connectivity index (χ2v) is 6.17. The number of halogens is 3. The molecule has 0 aliphatic carbocycles. The molecule has 5 nitrogen and oxygen atoms in total. The smallest absolute Gasteiger partial charge is 0.427 e. The van der Waals surface area contributed by atoms with Crippen LogP contribution < -0.4 is 5.32 Å². The van der Waals surface area contributed by atoms with Crippen LogP contribution in [0.4, 0.5) is 13.2 Å². The predicted octanol–water partition coefficient (Wildman–Crippen LogP) is 3.32. The van der Waals surface area contributed by atoms with Gasteiger partial charge in [-0.15, -0.1) is 11.3 Å². The van der Waals surface area contributed by atoms with Gasteiger partial charge in [-0.25, -0.2) is 4.98 Å². The Balaban J connectivity index is 2.27. The number of benzene rings is 1. The lowest BCUT2D eigenvalue weighted by Crippen LogP contribution is -2.46. The zero-order chi connectivity index (χ0) is 18.7. The van der Waals surface area contributed by atoms with Crippen molar-refractivity contribution >= 4 is 23.2 Å². The number of thiazole rings is 1. The van der Waals surface area contributed by atoms with Crippen molar-refractivity contribution in [3.63, 3.8) is 0 Å². The van der Waals surface area contributed by atoms with Crippen LogP contribution in [-0.2, 0) is 16.4 Å². The molecule has 25 heavy (non-hydrogen) atoms. The summed E-state index contributed by atoms with van der Waals surface area (Å²) in [5.41, 5.74) is -0.801. The summed E-state index contributed by atoms with van der Waals surface area (Å²) < 4.78 is 38.6. The maximum absolute atomic E-state index is 12.9. The van der Waals surface area contributed by atoms with Crippen molar-refractivity contribution in [2.24, 2.45) is 0 Å². The van der Waals surface area contributed by atoms with Crippen LogP contribution in [0.5, 0.6) is 0 Å². The molecule has 2 rings (SSSR count). The van der Waals surface area contributed by atoms with Crippen LogP contribution in [0, 0.1) is 0 Å². The van der Waals surface area contributed by atoms with E-state index < -0.39 is 34.0 Å². The summed E-state index contributed by atoms with van der Waals surface area (Å²) >= 11 is 0.313. The van der Waals surface area contributed by atoms with Crippen LogP contribution in [0.15, 0.2) is 35.8 Å². The quantitative estimate of drug-likeness (QED) is 0.815. The number of amides is 1. The number of aliphatic carboxylic acids is 1. The highest BCUT2D eigenvalue weighted by Gasteiger charge is 2.41. The number of carbonyl (C=O) groups is 2. The minimum absolute atomic E-state index is 0.149. The Morgan fingerprint density at radius 3 is 2.40 bits per heavy atom. The molecular formula is C16H15F3N2O3S. The number of alkyl halides is 3. The van der Waals surface area contributed by atoms with Crippen LogP contribution in [0.2, 0.25) is 0 Å². The Bertz CT molecular complexity index is 761. The SMILES string of the molecule is CCC(CNC(=O)c1ncsc1C(F)(F)F)(C(=O)O)c1ccccc1. The Kier molecular flexibility index (Phi) is 5.46. The third kappa shape index (κ3) is 3.81. The topological polar surface area (TPSA) is 79.3 Å². The van der Waals surface area contributed by atoms with Crippen LogP contribution in [-0.4, -0.2) is 28.5 Å². The van der Waals surface area contributed by atoms with Crippen molar-refractivity contribution in [3.8, 4) is 0 Å². The molecule has 1 unspecified atom stereocenters. The highest BCUT2D eigenvalue weighted by Crippen LogP contribution is 2.35. The fourth-order valence-electron chi connectivity index (χ4n) is 2.46. The Labute approximate surface area is 145 Å². The number of hydrogen-bond donors (Lipinski definition) is 2. The van der Waals surface area contributed by atoms with E-state index in [1.807, 2.05) is 0 Å². The molecule has 2 aromatic rings. The molecule has 0 aliphatic rings. The second kappa shape index (κ2) is 7.22. The predicted molar refractivity (Wildman–Crippen MR) is 85.5 cm³/mol. The van der Waals surface area contributed by atoms with Gasteiger partial charge < -0.3 is 10.4 Å². The van der Waals surface area contributed by atoms with Crippen molar-refractivity contribution in [2.45, 2.75) is 24.9 Å². The summed E-state index contributed by atoms with van der Waals surface area (Å²) in [5.74, 6) is -2.22. The molecule has 2 N–H and O–H groups in total. The van der Waals surface area contributed by atoms with Gasteiger partial charge in [0.25, 0.3) is 5.91 Å². The van der Waals surface area contributed by atoms with Crippen molar-refractivity contribution in [1.29, 1.82) is 0 Å². The van der Waals surface area contributed by atoms with Crippen LogP contribution >= 0.6 is 11.3 Å². The molecule has 1 atom stereocenters. The van der Waals surface area contributed by atoms with Gasteiger partial charge in [0.2, 0.25) is 0 Å². The van der Waals surface area contributed by atoms with Gasteiger partial charge in [0, 0.05) is 6.54 Å². The van der Waals surface area contributed by atoms with E-state index in [4.69, 9.17) is 0 Å². The zero-order valence-electron chi connectivity index (χ0n) is 13.1. The Morgan fingerprint density at radius 2 is 1.88 bits per heavy atom. The molecule has 0 spiro atoms. The van der Waals surface area contributed by atoms with Crippen molar-refractivity contribution < 1.29 is 27.9 Å². The third-order valence-corrected chi connectivity index (χ3v) is 4.80. The fraction of sp³-hybridized carbons (Fsp3) is 0.312. The fourth-order valence-corrected chi connectivity index (χ4v) is 3.12. The van der Waals surface area contributed by atoms with Gasteiger partial charge >= 0.3 is 12.1 Å². The Hall–Kier alpha value is -2.42. The number of nitrogens with zero attached hydrogens (tertiary/aromatic N) is 1. The van der Waals surface area contributed by atoms with E-state index in [0.717, 1.165) is 5.51 Å². The zero-order valence-corrected chi connectivity index (χ0v) is 13.9. The monoisotopic (exact) mass is 372 g/mol. The van der Waals surface area contributed by atoms with E-state index in [1.54, 1.807) is 37.3 Å². The van der Waals surface area contributed by atoms with Gasteiger partial charge in [-0.1, -0.05) is 37.3 Å². The van der Waals surface area contributed by atoms with Gasteiger partial charge in [0.05, 0.1) is 5.51 Å². The summed E-state index contributed by atoms with van der Waals surface area (Å²) in [4.78, 5) is 26.3. The first-order valence-corrected chi connectivity index (χ1v) is 8.18. The number of aromatic nitrogens is 1. The maximum Gasteiger partial charge on any atom is 0.427 e. The average molecular weight is 372 g/mol. The first-order chi connectivity index (χ1) is 11.7. The van der Waals surface area contributed by atoms with E-state index in [-0.39, 0.29) is 13.0 Å². The molecule has 0 radical (unpaired) electrons. The van der Waals surface area contributed by atoms with Gasteiger partial charge in [-0.3, -0.25) is 9.59 Å². The molecule has 134 valence electrons. The summed E-state index contributed by atoms with van der Waals surface area (Å²) in [6.45, 7) is 1.29. The van der Waals surface area contributed by atoms with Gasteiger partial charge in [-0.05, 0) is 12.0 Å². The number of rotatable bonds is 6. The van der Waals surface area contributed by atoms with Crippen molar-refractivity contribution in [2.75, 3.05) is 6.54 Å². The van der Waals surface area contributed by atoms with E-state index in [0.29, 0.717) is 16.9 Å². The maximum atomic E-state index is 12.9. The van der Waals surface area contributed by atoms with E-state index in [1.165, 1.54) is 0 Å². The van der Waals surface area contributed by atoms with Crippen molar-refractivity contribution in [3.05, 3.63) is 52.0 Å². The van der Waals surface area contributed by atoms with Gasteiger partial charge in [0.15, 0.2) is 5.69 Å². The van der Waals surface area contributed by atoms with Crippen LogP contribution in [0.25, 0.3) is 0 Å². The molecule has 1 amide bonds. The molecule has 1 aromatic carbocycles. The molecule has 0 fully saturated rings. The normalized spacial score (nSPS) is 13.9. The summed E-state index contributed by atoms with van der Waals surface area (Å²) in [7, 11) is 0. The summed E-state index contributed by atoms with van der Waals surface area (Å²) in [5, 5.41) is 12.0. The molecule has 1 heterocycles. The van der Waals surface area contributed by atoms with Gasteiger partial charge in [0.1, 0.15) is 10.3 Å². The average Bonchev–Trinajstić information content (AvgIpc) is 3.06. The van der Waals surface area contributed by atoms with Crippen molar-refractivity contribution in [1.82, 2.24) is 10.3 Å². The molecule has 9 heteroatoms. The first-order valence-electron chi connectivity index (χ1n) is 7.30. The minimum Gasteiger partial charge on any atom is -0.481 e. The van der Waals surface area contributed by atoms with Gasteiger partial charge in [-0.2, -0.15) is 13.2 Å². The largest absolute Gasteiger partial charge is 0.481 e. The molecule has 0 bridgehead atoms. The number of carbonyl (C=O) groups excluding carboxylic acids is 1. The number of nitrogens with one attached hydrogen (secondary N) is 1. The van der Waals surface area contributed by atoms with E-state index in [9.17, 15) is 27.9 Å². The van der Waals surface area contributed by atoms with Crippen LogP contribution in [0.3, 0.4) is 0 Å². The number of carboxylic acids is 1.